The Kier molecular flexibility index (Phi) is 3.60. The van der Waals surface area contributed by atoms with Crippen LogP contribution in [0.4, 0.5) is 5.69 Å². The molecular formula is C20H17N3. The molecular weight excluding hydrogens is 282 g/mol. The number of nitrogens with zero attached hydrogens (tertiary/aromatic N) is 2. The number of aromatic nitrogens is 2. The average molecular weight is 299 g/mol. The second-order valence-electron chi connectivity index (χ2n) is 5.54. The molecule has 1 aliphatic heterocycles. The normalized spacial score (nSPS) is 12.3. The number of benzene rings is 2. The third-order valence-corrected chi connectivity index (χ3v) is 4.08. The molecule has 5 rings (SSSR count). The summed E-state index contributed by atoms with van der Waals surface area (Å²) in [6.07, 6.45) is 4.81. The number of rotatable bonds is 0. The summed E-state index contributed by atoms with van der Waals surface area (Å²) in [5, 5.41) is 5.58. The van der Waals surface area contributed by atoms with Gasteiger partial charge in [-0.05, 0) is 42.3 Å². The van der Waals surface area contributed by atoms with Gasteiger partial charge in [-0.15, -0.1) is 0 Å². The van der Waals surface area contributed by atoms with E-state index in [1.807, 2.05) is 24.4 Å². The monoisotopic (exact) mass is 299 g/mol. The Morgan fingerprint density at radius 2 is 1.65 bits per heavy atom. The van der Waals surface area contributed by atoms with Gasteiger partial charge in [-0.25, -0.2) is 0 Å². The van der Waals surface area contributed by atoms with Crippen LogP contribution < -0.4 is 5.32 Å². The standard InChI is InChI=1S/C12H8N2.C8H9N/c1-3-9-5-6-11-10(4-2-7-13-11)12(9)14-8-1;1-2-4-8-7(3-1)5-6-9-8/h1-8H;1-4,9H,5-6H2. The number of hydrogen-bond acceptors (Lipinski definition) is 3. The van der Waals surface area contributed by atoms with E-state index in [2.05, 4.69) is 57.7 Å². The zero-order valence-corrected chi connectivity index (χ0v) is 12.7. The van der Waals surface area contributed by atoms with E-state index >= 15 is 0 Å². The van der Waals surface area contributed by atoms with Crippen molar-refractivity contribution in [3.63, 3.8) is 0 Å². The first kappa shape index (κ1) is 13.7. The highest BCUT2D eigenvalue weighted by molar-refractivity contribution is 6.03. The molecule has 23 heavy (non-hydrogen) atoms. The fourth-order valence-electron chi connectivity index (χ4n) is 2.94. The van der Waals surface area contributed by atoms with Gasteiger partial charge in [0.1, 0.15) is 0 Å². The van der Waals surface area contributed by atoms with Gasteiger partial charge < -0.3 is 5.32 Å². The van der Waals surface area contributed by atoms with Gasteiger partial charge in [0.15, 0.2) is 0 Å². The van der Waals surface area contributed by atoms with Gasteiger partial charge in [0, 0.05) is 35.4 Å². The van der Waals surface area contributed by atoms with Gasteiger partial charge in [0.25, 0.3) is 0 Å². The number of anilines is 1. The molecule has 3 heterocycles. The van der Waals surface area contributed by atoms with E-state index in [1.54, 1.807) is 6.20 Å². The highest BCUT2D eigenvalue weighted by Crippen LogP contribution is 2.21. The zero-order chi connectivity index (χ0) is 15.5. The summed E-state index contributed by atoms with van der Waals surface area (Å²) in [5.74, 6) is 0. The van der Waals surface area contributed by atoms with Crippen LogP contribution in [0.25, 0.3) is 21.8 Å². The third-order valence-electron chi connectivity index (χ3n) is 4.08. The van der Waals surface area contributed by atoms with E-state index < -0.39 is 0 Å². The Hall–Kier alpha value is -2.94. The maximum absolute atomic E-state index is 4.37. The van der Waals surface area contributed by atoms with Crippen LogP contribution in [0.2, 0.25) is 0 Å². The van der Waals surface area contributed by atoms with Gasteiger partial charge >= 0.3 is 0 Å². The molecule has 0 spiro atoms. The fraction of sp³-hybridized carbons (Fsp3) is 0.100. The summed E-state index contributed by atoms with van der Waals surface area (Å²) in [6.45, 7) is 1.11. The lowest BCUT2D eigenvalue weighted by molar-refractivity contribution is 1.11. The number of fused-ring (bicyclic) bond motifs is 4. The Bertz CT molecular complexity index is 885. The number of hydrogen-bond donors (Lipinski definition) is 1. The van der Waals surface area contributed by atoms with Crippen molar-refractivity contribution in [3.05, 3.63) is 78.6 Å². The van der Waals surface area contributed by atoms with Crippen LogP contribution in [0, 0.1) is 0 Å². The maximum atomic E-state index is 4.37. The molecule has 0 amide bonds. The topological polar surface area (TPSA) is 37.8 Å². The molecule has 0 fully saturated rings. The Balaban J connectivity index is 0.000000130. The quantitative estimate of drug-likeness (QED) is 0.488. The SMILES string of the molecule is c1ccc2c(c1)CCN2.c1cnc2c(c1)ccc1ncccc12. The first-order valence-corrected chi connectivity index (χ1v) is 7.82. The van der Waals surface area contributed by atoms with Crippen LogP contribution >= 0.6 is 0 Å². The number of nitrogens with one attached hydrogen (secondary N) is 1. The number of pyridine rings is 2. The van der Waals surface area contributed by atoms with Gasteiger partial charge in [-0.1, -0.05) is 30.3 Å². The Labute approximate surface area is 135 Å². The van der Waals surface area contributed by atoms with E-state index in [4.69, 9.17) is 0 Å². The summed E-state index contributed by atoms with van der Waals surface area (Å²) >= 11 is 0. The summed E-state index contributed by atoms with van der Waals surface area (Å²) in [7, 11) is 0. The molecule has 0 atom stereocenters. The molecule has 1 N–H and O–H groups in total. The predicted octanol–water partition coefficient (Wildman–Crippen LogP) is 4.44. The Morgan fingerprint density at radius 1 is 0.783 bits per heavy atom. The summed E-state index contributed by atoms with van der Waals surface area (Å²) in [6, 6.07) is 20.5. The van der Waals surface area contributed by atoms with Crippen molar-refractivity contribution in [2.45, 2.75) is 6.42 Å². The molecule has 2 aromatic heterocycles. The van der Waals surface area contributed by atoms with E-state index in [0.29, 0.717) is 0 Å². The molecule has 0 aliphatic carbocycles. The highest BCUT2D eigenvalue weighted by atomic mass is 14.9. The maximum Gasteiger partial charge on any atom is 0.0795 e. The Morgan fingerprint density at radius 3 is 2.61 bits per heavy atom. The molecule has 1 aliphatic rings. The van der Waals surface area contributed by atoms with Crippen molar-refractivity contribution in [2.24, 2.45) is 0 Å². The minimum atomic E-state index is 0.999. The molecule has 112 valence electrons. The van der Waals surface area contributed by atoms with E-state index in [0.717, 1.165) is 28.4 Å². The van der Waals surface area contributed by atoms with E-state index in [-0.39, 0.29) is 0 Å². The zero-order valence-electron chi connectivity index (χ0n) is 12.7. The smallest absolute Gasteiger partial charge is 0.0795 e. The molecule has 0 saturated heterocycles. The molecule has 0 radical (unpaired) electrons. The lowest BCUT2D eigenvalue weighted by Crippen LogP contribution is -1.90. The third kappa shape index (κ3) is 2.73. The van der Waals surface area contributed by atoms with Crippen LogP contribution in [0.15, 0.2) is 73.1 Å². The first-order valence-electron chi connectivity index (χ1n) is 7.82. The van der Waals surface area contributed by atoms with Gasteiger partial charge in [-0.3, -0.25) is 9.97 Å². The summed E-state index contributed by atoms with van der Waals surface area (Å²) in [5.41, 5.74) is 4.80. The average Bonchev–Trinajstić information content (AvgIpc) is 3.11. The van der Waals surface area contributed by atoms with Crippen LogP contribution in [0.5, 0.6) is 0 Å². The molecule has 2 aromatic carbocycles. The van der Waals surface area contributed by atoms with E-state index in [1.165, 1.54) is 17.7 Å². The van der Waals surface area contributed by atoms with Gasteiger partial charge in [-0.2, -0.15) is 0 Å². The van der Waals surface area contributed by atoms with Crippen molar-refractivity contribution in [3.8, 4) is 0 Å². The van der Waals surface area contributed by atoms with E-state index in [9.17, 15) is 0 Å². The predicted molar refractivity (Wildman–Crippen MR) is 95.7 cm³/mol. The minimum absolute atomic E-state index is 0.999. The largest absolute Gasteiger partial charge is 0.384 e. The highest BCUT2D eigenvalue weighted by Gasteiger charge is 2.06. The number of para-hydroxylation sites is 1. The van der Waals surface area contributed by atoms with Gasteiger partial charge in [0.2, 0.25) is 0 Å². The van der Waals surface area contributed by atoms with Crippen molar-refractivity contribution >= 4 is 27.5 Å². The second kappa shape index (κ2) is 6.05. The first-order chi connectivity index (χ1) is 11.4. The van der Waals surface area contributed by atoms with Crippen LogP contribution in [-0.2, 0) is 6.42 Å². The summed E-state index contributed by atoms with van der Waals surface area (Å²) in [4.78, 5) is 8.66. The van der Waals surface area contributed by atoms with Crippen LogP contribution in [-0.4, -0.2) is 16.5 Å². The molecule has 0 unspecified atom stereocenters. The lowest BCUT2D eigenvalue weighted by atomic mass is 10.1. The van der Waals surface area contributed by atoms with Crippen molar-refractivity contribution in [1.82, 2.24) is 9.97 Å². The molecule has 3 nitrogen and oxygen atoms in total. The minimum Gasteiger partial charge on any atom is -0.384 e. The molecule has 0 bridgehead atoms. The van der Waals surface area contributed by atoms with Gasteiger partial charge in [0.05, 0.1) is 11.0 Å². The molecule has 4 aromatic rings. The summed E-state index contributed by atoms with van der Waals surface area (Å²) < 4.78 is 0. The fourth-order valence-corrected chi connectivity index (χ4v) is 2.94. The molecule has 0 saturated carbocycles. The molecule has 3 heteroatoms. The van der Waals surface area contributed by atoms with Crippen LogP contribution in [0.1, 0.15) is 5.56 Å². The lowest BCUT2D eigenvalue weighted by Gasteiger charge is -2.00. The van der Waals surface area contributed by atoms with Crippen molar-refractivity contribution < 1.29 is 0 Å². The van der Waals surface area contributed by atoms with Crippen LogP contribution in [0.3, 0.4) is 0 Å². The van der Waals surface area contributed by atoms with Crippen molar-refractivity contribution in [1.29, 1.82) is 0 Å². The second-order valence-corrected chi connectivity index (χ2v) is 5.54. The van der Waals surface area contributed by atoms with Crippen molar-refractivity contribution in [2.75, 3.05) is 11.9 Å².